The van der Waals surface area contributed by atoms with Gasteiger partial charge in [-0.1, -0.05) is 13.8 Å². The van der Waals surface area contributed by atoms with E-state index in [4.69, 9.17) is 22.9 Å². The van der Waals surface area contributed by atoms with E-state index >= 15 is 0 Å². The average Bonchev–Trinajstić information content (AvgIpc) is 2.90. The van der Waals surface area contributed by atoms with Crippen LogP contribution in [0.2, 0.25) is 0 Å². The fourth-order valence-corrected chi connectivity index (χ4v) is 3.29. The second-order valence-corrected chi connectivity index (χ2v) is 8.92. The van der Waals surface area contributed by atoms with Gasteiger partial charge in [-0.2, -0.15) is 12.6 Å². The van der Waals surface area contributed by atoms with Crippen molar-refractivity contribution in [1.29, 1.82) is 0 Å². The molecule has 0 aromatic heterocycles. The standard InChI is InChI=1S/C22H42N10O6.CH4S/c1-13(2)9-16(29-12-35)19(37)31-15(6-4-8-28-22(25)26)18(36)32-17(11-34)20(38)30-14(10-33)5-3-7-27-21(23)24;1-2/h10,12-17,34H,3-9,11H2,1-2H3,(H,29,35)(H,30,38)(H,31,37)(H,32,36)(H4,23,24,27)(H4,25,26,28);2H,1H3/t14-,15-,16-,17-;/m0./s1. The number of carbonyl (C=O) groups is 5. The minimum absolute atomic E-state index is 0.0695. The Bertz CT molecular complexity index is 835. The van der Waals surface area contributed by atoms with E-state index in [9.17, 15) is 29.1 Å². The first-order valence-electron chi connectivity index (χ1n) is 12.7. The second kappa shape index (κ2) is 23.3. The first-order chi connectivity index (χ1) is 18.9. The number of aldehydes is 1. The molecule has 17 heteroatoms. The van der Waals surface area contributed by atoms with Crippen molar-refractivity contribution in [3.05, 3.63) is 0 Å². The summed E-state index contributed by atoms with van der Waals surface area (Å²) in [6.45, 7) is 3.39. The van der Waals surface area contributed by atoms with Crippen molar-refractivity contribution in [2.24, 2.45) is 38.8 Å². The fourth-order valence-electron chi connectivity index (χ4n) is 3.29. The van der Waals surface area contributed by atoms with Crippen molar-refractivity contribution in [3.8, 4) is 0 Å². The second-order valence-electron chi connectivity index (χ2n) is 8.92. The van der Waals surface area contributed by atoms with Gasteiger partial charge in [-0.25, -0.2) is 0 Å². The molecule has 0 saturated carbocycles. The Morgan fingerprint density at radius 3 is 1.73 bits per heavy atom. The minimum atomic E-state index is -1.40. The predicted octanol–water partition coefficient (Wildman–Crippen LogP) is -3.55. The Morgan fingerprint density at radius 1 is 0.800 bits per heavy atom. The molecule has 4 atom stereocenters. The molecule has 40 heavy (non-hydrogen) atoms. The van der Waals surface area contributed by atoms with Crippen LogP contribution in [0.1, 0.15) is 46.0 Å². The lowest BCUT2D eigenvalue weighted by molar-refractivity contribution is -0.134. The number of nitrogens with one attached hydrogen (secondary N) is 4. The highest BCUT2D eigenvalue weighted by Crippen LogP contribution is 2.07. The number of nitrogens with two attached hydrogens (primary N) is 4. The summed E-state index contributed by atoms with van der Waals surface area (Å²) in [6.07, 6.45) is 3.94. The summed E-state index contributed by atoms with van der Waals surface area (Å²) in [5, 5.41) is 19.5. The highest BCUT2D eigenvalue weighted by atomic mass is 32.1. The SMILES string of the molecule is CC(C)C[C@H](NC=O)C(=O)N[C@@H](CCCN=C(N)N)C(=O)N[C@@H](CO)C(=O)N[C@H](C=O)CCCN=C(N)N.CS. The van der Waals surface area contributed by atoms with Crippen molar-refractivity contribution in [1.82, 2.24) is 21.3 Å². The lowest BCUT2D eigenvalue weighted by Crippen LogP contribution is -2.58. The molecule has 0 aromatic carbocycles. The molecule has 230 valence electrons. The number of aliphatic imine (C=N–C) groups is 2. The number of hydrogen-bond acceptors (Lipinski definition) is 9. The number of guanidine groups is 2. The van der Waals surface area contributed by atoms with E-state index < -0.39 is 48.5 Å². The highest BCUT2D eigenvalue weighted by molar-refractivity contribution is 7.79. The van der Waals surface area contributed by atoms with Gasteiger partial charge in [-0.3, -0.25) is 29.2 Å². The van der Waals surface area contributed by atoms with Gasteiger partial charge in [0.1, 0.15) is 24.4 Å². The molecular weight excluding hydrogens is 544 g/mol. The van der Waals surface area contributed by atoms with E-state index in [0.717, 1.165) is 0 Å². The van der Waals surface area contributed by atoms with E-state index in [-0.39, 0.29) is 43.8 Å². The van der Waals surface area contributed by atoms with Gasteiger partial charge in [0.05, 0.1) is 12.6 Å². The molecule has 0 aliphatic carbocycles. The number of amides is 4. The van der Waals surface area contributed by atoms with Gasteiger partial charge in [0.25, 0.3) is 0 Å². The Labute approximate surface area is 240 Å². The topological polar surface area (TPSA) is 282 Å². The summed E-state index contributed by atoms with van der Waals surface area (Å²) in [5.41, 5.74) is 21.1. The molecule has 0 aliphatic rings. The number of aliphatic hydroxyl groups is 1. The number of nitrogens with zero attached hydrogens (tertiary/aromatic N) is 2. The van der Waals surface area contributed by atoms with Gasteiger partial charge in [0, 0.05) is 13.1 Å². The molecule has 0 spiro atoms. The number of thiol groups is 1. The smallest absolute Gasteiger partial charge is 0.245 e. The molecule has 0 fully saturated rings. The van der Waals surface area contributed by atoms with Gasteiger partial charge in [0.2, 0.25) is 24.1 Å². The molecule has 0 aromatic rings. The van der Waals surface area contributed by atoms with Crippen LogP contribution in [0.3, 0.4) is 0 Å². The summed E-state index contributed by atoms with van der Waals surface area (Å²) in [6, 6.07) is -4.32. The monoisotopic (exact) mass is 590 g/mol. The molecule has 0 bridgehead atoms. The number of aliphatic hydroxyl groups excluding tert-OH is 1. The maximum atomic E-state index is 13.0. The minimum Gasteiger partial charge on any atom is -0.394 e. The largest absolute Gasteiger partial charge is 0.394 e. The Kier molecular flexibility index (Phi) is 22.5. The number of rotatable bonds is 20. The molecule has 16 nitrogen and oxygen atoms in total. The third-order valence-corrected chi connectivity index (χ3v) is 5.15. The zero-order chi connectivity index (χ0) is 31.1. The molecule has 0 unspecified atom stereocenters. The van der Waals surface area contributed by atoms with Crippen LogP contribution in [0.5, 0.6) is 0 Å². The molecule has 0 radical (unpaired) electrons. The van der Waals surface area contributed by atoms with E-state index in [2.05, 4.69) is 43.9 Å². The summed E-state index contributed by atoms with van der Waals surface area (Å²) in [5.74, 6) is -2.33. The van der Waals surface area contributed by atoms with Gasteiger partial charge in [-0.15, -0.1) is 0 Å². The van der Waals surface area contributed by atoms with Crippen LogP contribution < -0.4 is 44.2 Å². The maximum absolute atomic E-state index is 13.0. The van der Waals surface area contributed by atoms with E-state index in [1.54, 1.807) is 6.26 Å². The Morgan fingerprint density at radius 2 is 1.27 bits per heavy atom. The van der Waals surface area contributed by atoms with Crippen molar-refractivity contribution < 1.29 is 29.1 Å². The summed E-state index contributed by atoms with van der Waals surface area (Å²) in [7, 11) is 0. The van der Waals surface area contributed by atoms with Crippen molar-refractivity contribution in [2.75, 3.05) is 26.0 Å². The van der Waals surface area contributed by atoms with Gasteiger partial charge in [-0.05, 0) is 44.3 Å². The third kappa shape index (κ3) is 18.6. The molecule has 0 aliphatic heterocycles. The normalized spacial score (nSPS) is 13.2. The highest BCUT2D eigenvalue weighted by Gasteiger charge is 2.29. The number of carbonyl (C=O) groups excluding carboxylic acids is 5. The van der Waals surface area contributed by atoms with Crippen LogP contribution in [0.25, 0.3) is 0 Å². The summed E-state index contributed by atoms with van der Waals surface area (Å²) in [4.78, 5) is 68.4. The van der Waals surface area contributed by atoms with Crippen LogP contribution in [-0.2, 0) is 24.0 Å². The van der Waals surface area contributed by atoms with E-state index in [1.165, 1.54) is 0 Å². The first kappa shape index (κ1) is 38.5. The van der Waals surface area contributed by atoms with Gasteiger partial charge >= 0.3 is 0 Å². The maximum Gasteiger partial charge on any atom is 0.245 e. The van der Waals surface area contributed by atoms with Crippen LogP contribution in [-0.4, -0.2) is 97.6 Å². The Hall–Kier alpha value is -3.60. The average molecular weight is 591 g/mol. The van der Waals surface area contributed by atoms with E-state index in [1.807, 2.05) is 13.8 Å². The molecular formula is C23H46N10O6S. The van der Waals surface area contributed by atoms with Gasteiger partial charge < -0.3 is 54.1 Å². The molecule has 0 rings (SSSR count). The van der Waals surface area contributed by atoms with Gasteiger partial charge in [0.15, 0.2) is 11.9 Å². The quantitative estimate of drug-likeness (QED) is 0.0219. The van der Waals surface area contributed by atoms with Crippen molar-refractivity contribution in [2.45, 2.75) is 70.1 Å². The van der Waals surface area contributed by atoms with Crippen LogP contribution in [0.4, 0.5) is 0 Å². The van der Waals surface area contributed by atoms with Crippen molar-refractivity contribution >= 4 is 55.0 Å². The van der Waals surface area contributed by atoms with Crippen LogP contribution in [0, 0.1) is 5.92 Å². The summed E-state index contributed by atoms with van der Waals surface area (Å²) >= 11 is 3.53. The van der Waals surface area contributed by atoms with Crippen LogP contribution >= 0.6 is 12.6 Å². The fraction of sp³-hybridized carbons (Fsp3) is 0.696. The summed E-state index contributed by atoms with van der Waals surface area (Å²) < 4.78 is 0. The third-order valence-electron chi connectivity index (χ3n) is 5.15. The Balaban J connectivity index is 0. The van der Waals surface area contributed by atoms with Crippen LogP contribution in [0.15, 0.2) is 9.98 Å². The lowest BCUT2D eigenvalue weighted by Gasteiger charge is -2.25. The first-order valence-corrected chi connectivity index (χ1v) is 13.6. The van der Waals surface area contributed by atoms with Crippen molar-refractivity contribution in [3.63, 3.8) is 0 Å². The zero-order valence-electron chi connectivity index (χ0n) is 23.3. The molecule has 4 amide bonds. The lowest BCUT2D eigenvalue weighted by atomic mass is 10.0. The zero-order valence-corrected chi connectivity index (χ0v) is 24.2. The van der Waals surface area contributed by atoms with E-state index in [0.29, 0.717) is 32.0 Å². The molecule has 0 heterocycles. The number of hydrogen-bond donors (Lipinski definition) is 10. The molecule has 0 saturated heterocycles. The molecule has 13 N–H and O–H groups in total. The predicted molar refractivity (Wildman–Crippen MR) is 156 cm³/mol.